The maximum absolute atomic E-state index is 12.9. The summed E-state index contributed by atoms with van der Waals surface area (Å²) in [5.74, 6) is 2.41. The van der Waals surface area contributed by atoms with Crippen molar-refractivity contribution < 1.29 is 28.5 Å². The van der Waals surface area contributed by atoms with E-state index in [0.29, 0.717) is 23.7 Å². The van der Waals surface area contributed by atoms with Crippen molar-refractivity contribution in [3.8, 4) is 23.0 Å². The maximum atomic E-state index is 12.9. The number of carbonyl (C=O) groups is 2. The van der Waals surface area contributed by atoms with E-state index < -0.39 is 11.6 Å². The van der Waals surface area contributed by atoms with Crippen molar-refractivity contribution in [1.82, 2.24) is 10.2 Å². The molecule has 0 unspecified atom stereocenters. The van der Waals surface area contributed by atoms with Crippen LogP contribution in [0.4, 0.5) is 4.79 Å². The number of ether oxygens (including phenoxy) is 4. The van der Waals surface area contributed by atoms with Crippen LogP contribution in [0.2, 0.25) is 0 Å². The smallest absolute Gasteiger partial charge is 0.325 e. The molecule has 2 aliphatic rings. The van der Waals surface area contributed by atoms with Gasteiger partial charge in [-0.05, 0) is 48.9 Å². The molecule has 2 heterocycles. The van der Waals surface area contributed by atoms with E-state index in [1.807, 2.05) is 18.2 Å². The van der Waals surface area contributed by atoms with Gasteiger partial charge >= 0.3 is 6.03 Å². The molecule has 152 valence electrons. The first-order valence-corrected chi connectivity index (χ1v) is 9.28. The average Bonchev–Trinajstić information content (AvgIpc) is 3.26. The predicted octanol–water partition coefficient (Wildman–Crippen LogP) is 2.36. The first-order valence-electron chi connectivity index (χ1n) is 9.28. The molecule has 3 amide bonds. The van der Waals surface area contributed by atoms with Crippen molar-refractivity contribution in [2.75, 3.05) is 27.1 Å². The zero-order chi connectivity index (χ0) is 20.4. The second-order valence-corrected chi connectivity index (χ2v) is 7.11. The van der Waals surface area contributed by atoms with Crippen molar-refractivity contribution >= 4 is 11.9 Å². The van der Waals surface area contributed by atoms with Gasteiger partial charge in [0.25, 0.3) is 5.91 Å². The molecular formula is C21H22N2O6. The Labute approximate surface area is 168 Å². The van der Waals surface area contributed by atoms with Gasteiger partial charge < -0.3 is 24.3 Å². The molecule has 2 aliphatic heterocycles. The van der Waals surface area contributed by atoms with E-state index in [1.54, 1.807) is 38.3 Å². The summed E-state index contributed by atoms with van der Waals surface area (Å²) in [6.07, 6.45) is 0.351. The summed E-state index contributed by atoms with van der Waals surface area (Å²) in [5.41, 5.74) is -0.146. The lowest BCUT2D eigenvalue weighted by atomic mass is 9.92. The van der Waals surface area contributed by atoms with Crippen molar-refractivity contribution in [1.29, 1.82) is 0 Å². The number of nitrogens with zero attached hydrogens (tertiary/aromatic N) is 1. The molecule has 0 bridgehead atoms. The van der Waals surface area contributed by atoms with Gasteiger partial charge in [0.2, 0.25) is 6.79 Å². The molecule has 2 aromatic rings. The molecule has 0 radical (unpaired) electrons. The summed E-state index contributed by atoms with van der Waals surface area (Å²) >= 11 is 0. The molecule has 2 aromatic carbocycles. The van der Waals surface area contributed by atoms with Crippen LogP contribution in [0.5, 0.6) is 23.0 Å². The highest BCUT2D eigenvalue weighted by Gasteiger charge is 2.47. The molecular weight excluding hydrogens is 376 g/mol. The summed E-state index contributed by atoms with van der Waals surface area (Å²) in [4.78, 5) is 26.5. The van der Waals surface area contributed by atoms with Crippen LogP contribution in [0.25, 0.3) is 0 Å². The third-order valence-corrected chi connectivity index (χ3v) is 4.98. The lowest BCUT2D eigenvalue weighted by molar-refractivity contribution is -0.131. The highest BCUT2D eigenvalue weighted by Crippen LogP contribution is 2.34. The Hall–Kier alpha value is -3.42. The summed E-state index contributed by atoms with van der Waals surface area (Å²) < 4.78 is 21.4. The van der Waals surface area contributed by atoms with Gasteiger partial charge in [-0.2, -0.15) is 0 Å². The van der Waals surface area contributed by atoms with E-state index in [0.717, 1.165) is 11.3 Å². The molecule has 29 heavy (non-hydrogen) atoms. The van der Waals surface area contributed by atoms with E-state index in [-0.39, 0.29) is 25.9 Å². The number of fused-ring (bicyclic) bond motifs is 1. The SMILES string of the molecule is COc1ccc(OCCN2C(=O)N[C@](C)(Cc3ccc4c(c3)OCO4)C2=O)cc1. The highest BCUT2D eigenvalue weighted by atomic mass is 16.7. The Morgan fingerprint density at radius 1 is 1.07 bits per heavy atom. The Kier molecular flexibility index (Phi) is 4.92. The largest absolute Gasteiger partial charge is 0.497 e. The minimum absolute atomic E-state index is 0.160. The van der Waals surface area contributed by atoms with E-state index >= 15 is 0 Å². The van der Waals surface area contributed by atoms with Crippen LogP contribution in [-0.2, 0) is 11.2 Å². The number of hydrogen-bond acceptors (Lipinski definition) is 6. The molecule has 8 heteroatoms. The molecule has 0 aliphatic carbocycles. The van der Waals surface area contributed by atoms with Crippen LogP contribution < -0.4 is 24.3 Å². The number of hydrogen-bond donors (Lipinski definition) is 1. The number of benzene rings is 2. The number of carbonyl (C=O) groups excluding carboxylic acids is 2. The summed E-state index contributed by atoms with van der Waals surface area (Å²) in [6, 6.07) is 12.2. The van der Waals surface area contributed by atoms with Gasteiger partial charge in [0.1, 0.15) is 23.6 Å². The van der Waals surface area contributed by atoms with Crippen LogP contribution in [0.1, 0.15) is 12.5 Å². The summed E-state index contributed by atoms with van der Waals surface area (Å²) in [6.45, 7) is 2.27. The van der Waals surface area contributed by atoms with E-state index in [2.05, 4.69) is 5.32 Å². The van der Waals surface area contributed by atoms with Crippen LogP contribution in [0.15, 0.2) is 42.5 Å². The molecule has 1 saturated heterocycles. The first kappa shape index (κ1) is 18.9. The second-order valence-electron chi connectivity index (χ2n) is 7.11. The van der Waals surface area contributed by atoms with E-state index in [1.165, 1.54) is 4.90 Å². The second kappa shape index (κ2) is 7.54. The average molecular weight is 398 g/mol. The third kappa shape index (κ3) is 3.78. The van der Waals surface area contributed by atoms with Crippen LogP contribution in [0.3, 0.4) is 0 Å². The summed E-state index contributed by atoms with van der Waals surface area (Å²) in [7, 11) is 1.59. The zero-order valence-corrected chi connectivity index (χ0v) is 16.3. The van der Waals surface area contributed by atoms with E-state index in [4.69, 9.17) is 18.9 Å². The lowest BCUT2D eigenvalue weighted by Gasteiger charge is -2.22. The quantitative estimate of drug-likeness (QED) is 0.721. The summed E-state index contributed by atoms with van der Waals surface area (Å²) in [5, 5.41) is 2.80. The maximum Gasteiger partial charge on any atom is 0.325 e. The van der Waals surface area contributed by atoms with Crippen molar-refractivity contribution in [2.45, 2.75) is 18.9 Å². The fourth-order valence-corrected chi connectivity index (χ4v) is 3.46. The Bertz CT molecular complexity index is 929. The van der Waals surface area contributed by atoms with E-state index in [9.17, 15) is 9.59 Å². The molecule has 1 atom stereocenters. The van der Waals surface area contributed by atoms with Gasteiger partial charge in [0, 0.05) is 6.42 Å². The topological polar surface area (TPSA) is 86.3 Å². The number of rotatable bonds is 7. The molecule has 1 N–H and O–H groups in total. The predicted molar refractivity (Wildman–Crippen MR) is 103 cm³/mol. The minimum Gasteiger partial charge on any atom is -0.497 e. The van der Waals surface area contributed by atoms with Crippen molar-refractivity contribution in [3.63, 3.8) is 0 Å². The van der Waals surface area contributed by atoms with Gasteiger partial charge in [-0.1, -0.05) is 6.07 Å². The highest BCUT2D eigenvalue weighted by molar-refractivity contribution is 6.07. The van der Waals surface area contributed by atoms with Crippen LogP contribution in [0, 0.1) is 0 Å². The number of imide groups is 1. The fourth-order valence-electron chi connectivity index (χ4n) is 3.46. The Morgan fingerprint density at radius 2 is 1.79 bits per heavy atom. The standard InChI is InChI=1S/C21H22N2O6/c1-21(12-14-3-8-17-18(11-14)29-13-28-17)19(24)23(20(25)22-21)9-10-27-16-6-4-15(26-2)5-7-16/h3-8,11H,9-10,12-13H2,1-2H3,(H,22,25)/t21-/m1/s1. The lowest BCUT2D eigenvalue weighted by Crippen LogP contribution is -2.46. The van der Waals surface area contributed by atoms with Gasteiger partial charge in [-0.15, -0.1) is 0 Å². The van der Waals surface area contributed by atoms with Gasteiger partial charge in [-0.25, -0.2) is 4.79 Å². The molecule has 0 aromatic heterocycles. The molecule has 0 saturated carbocycles. The van der Waals surface area contributed by atoms with Crippen molar-refractivity contribution in [3.05, 3.63) is 48.0 Å². The first-order chi connectivity index (χ1) is 14.0. The number of methoxy groups -OCH3 is 1. The number of nitrogens with one attached hydrogen (secondary N) is 1. The molecule has 8 nitrogen and oxygen atoms in total. The zero-order valence-electron chi connectivity index (χ0n) is 16.3. The molecule has 0 spiro atoms. The normalized spacial score (nSPS) is 20.0. The monoisotopic (exact) mass is 398 g/mol. The number of amides is 3. The van der Waals surface area contributed by atoms with Crippen LogP contribution in [-0.4, -0.2) is 49.4 Å². The van der Waals surface area contributed by atoms with Crippen LogP contribution >= 0.6 is 0 Å². The Balaban J connectivity index is 1.37. The van der Waals surface area contributed by atoms with Gasteiger partial charge in [-0.3, -0.25) is 9.69 Å². The fraction of sp³-hybridized carbons (Fsp3) is 0.333. The Morgan fingerprint density at radius 3 is 2.55 bits per heavy atom. The minimum atomic E-state index is -1.02. The van der Waals surface area contributed by atoms with Crippen molar-refractivity contribution in [2.24, 2.45) is 0 Å². The molecule has 1 fully saturated rings. The molecule has 4 rings (SSSR count). The van der Waals surface area contributed by atoms with Gasteiger partial charge in [0.05, 0.1) is 13.7 Å². The van der Waals surface area contributed by atoms with Gasteiger partial charge in [0.15, 0.2) is 11.5 Å². The third-order valence-electron chi connectivity index (χ3n) is 4.98. The number of urea groups is 1.